The van der Waals surface area contributed by atoms with Crippen LogP contribution in [0.25, 0.3) is 16.4 Å². The van der Waals surface area contributed by atoms with E-state index in [0.717, 1.165) is 16.1 Å². The number of H-pyrrole nitrogens is 1. The Morgan fingerprint density at radius 3 is 2.80 bits per heavy atom. The van der Waals surface area contributed by atoms with Crippen molar-refractivity contribution in [1.82, 2.24) is 35.3 Å². The summed E-state index contributed by atoms with van der Waals surface area (Å²) < 4.78 is 1.67. The Labute approximate surface area is 146 Å². The number of pyridine rings is 1. The first-order valence-electron chi connectivity index (χ1n) is 7.46. The molecule has 0 aromatic carbocycles. The molecule has 0 radical (unpaired) electrons. The number of carbonyl (C=O) groups is 1. The third-order valence-electron chi connectivity index (χ3n) is 3.62. The molecule has 0 aliphatic heterocycles. The second-order valence-electron chi connectivity index (χ2n) is 5.20. The zero-order valence-electron chi connectivity index (χ0n) is 13.0. The molecule has 0 atom stereocenters. The van der Waals surface area contributed by atoms with Gasteiger partial charge in [0.1, 0.15) is 18.5 Å². The highest BCUT2D eigenvalue weighted by Gasteiger charge is 2.11. The summed E-state index contributed by atoms with van der Waals surface area (Å²) in [6, 6.07) is 7.45. The lowest BCUT2D eigenvalue weighted by Gasteiger charge is -2.06. The van der Waals surface area contributed by atoms with Gasteiger partial charge in [0.2, 0.25) is 0 Å². The minimum Gasteiger partial charge on any atom is -0.348 e. The molecular weight excluding hydrogens is 338 g/mol. The van der Waals surface area contributed by atoms with Gasteiger partial charge in [-0.05, 0) is 23.6 Å². The number of rotatable bonds is 5. The second kappa shape index (κ2) is 6.65. The summed E-state index contributed by atoms with van der Waals surface area (Å²) in [6.45, 7) is 0.385. The van der Waals surface area contributed by atoms with Crippen LogP contribution in [-0.4, -0.2) is 35.9 Å². The van der Waals surface area contributed by atoms with Gasteiger partial charge in [-0.3, -0.25) is 14.5 Å². The van der Waals surface area contributed by atoms with E-state index in [4.69, 9.17) is 0 Å². The lowest BCUT2D eigenvalue weighted by molar-refractivity contribution is 0.0950. The predicted octanol–water partition coefficient (Wildman–Crippen LogP) is 2.04. The fraction of sp³-hybridized carbons (Fsp3) is 0.0625. The number of thiophene rings is 1. The van der Waals surface area contributed by atoms with Crippen molar-refractivity contribution in [1.29, 1.82) is 0 Å². The molecule has 25 heavy (non-hydrogen) atoms. The number of amides is 1. The van der Waals surface area contributed by atoms with E-state index in [9.17, 15) is 4.79 Å². The van der Waals surface area contributed by atoms with E-state index in [1.54, 1.807) is 46.9 Å². The molecule has 1 amide bonds. The van der Waals surface area contributed by atoms with Crippen molar-refractivity contribution in [3.8, 4) is 16.4 Å². The molecule has 124 valence electrons. The molecule has 4 heterocycles. The van der Waals surface area contributed by atoms with Crippen molar-refractivity contribution in [3.63, 3.8) is 0 Å². The number of hydrogen-bond acceptors (Lipinski definition) is 6. The topological polar surface area (TPSA) is 101 Å². The van der Waals surface area contributed by atoms with Crippen LogP contribution in [0.3, 0.4) is 0 Å². The summed E-state index contributed by atoms with van der Waals surface area (Å²) in [6.07, 6.45) is 6.35. The van der Waals surface area contributed by atoms with Crippen molar-refractivity contribution in [2.45, 2.75) is 6.54 Å². The SMILES string of the molecule is O=C(NCc1cn[nH]c1-c1cccs1)c1ccc(-n2cnnc2)nc1. The van der Waals surface area contributed by atoms with Gasteiger partial charge in [-0.25, -0.2) is 4.98 Å². The Hall–Kier alpha value is -3.33. The van der Waals surface area contributed by atoms with Crippen LogP contribution in [0, 0.1) is 0 Å². The first kappa shape index (κ1) is 15.2. The number of nitrogens with one attached hydrogen (secondary N) is 2. The largest absolute Gasteiger partial charge is 0.348 e. The summed E-state index contributed by atoms with van der Waals surface area (Å²) in [7, 11) is 0. The van der Waals surface area contributed by atoms with Crippen LogP contribution in [0.2, 0.25) is 0 Å². The van der Waals surface area contributed by atoms with E-state index in [1.807, 2.05) is 17.5 Å². The van der Waals surface area contributed by atoms with Gasteiger partial charge in [0.05, 0.1) is 22.3 Å². The van der Waals surface area contributed by atoms with Gasteiger partial charge in [-0.1, -0.05) is 6.07 Å². The number of carbonyl (C=O) groups excluding carboxylic acids is 1. The Morgan fingerprint density at radius 1 is 1.20 bits per heavy atom. The van der Waals surface area contributed by atoms with Gasteiger partial charge < -0.3 is 5.32 Å². The van der Waals surface area contributed by atoms with Crippen molar-refractivity contribution >= 4 is 17.2 Å². The van der Waals surface area contributed by atoms with Crippen molar-refractivity contribution < 1.29 is 4.79 Å². The summed E-state index contributed by atoms with van der Waals surface area (Å²) >= 11 is 1.62. The summed E-state index contributed by atoms with van der Waals surface area (Å²) in [4.78, 5) is 17.7. The highest BCUT2D eigenvalue weighted by Crippen LogP contribution is 2.25. The minimum atomic E-state index is -0.193. The lowest BCUT2D eigenvalue weighted by Crippen LogP contribution is -2.23. The maximum atomic E-state index is 12.3. The van der Waals surface area contributed by atoms with Crippen molar-refractivity contribution in [2.75, 3.05) is 0 Å². The van der Waals surface area contributed by atoms with Gasteiger partial charge in [-0.15, -0.1) is 21.5 Å². The van der Waals surface area contributed by atoms with Crippen LogP contribution in [0.1, 0.15) is 15.9 Å². The second-order valence-corrected chi connectivity index (χ2v) is 6.15. The summed E-state index contributed by atoms with van der Waals surface area (Å²) in [5, 5.41) is 19.4. The molecule has 0 aliphatic carbocycles. The molecule has 4 aromatic rings. The molecule has 2 N–H and O–H groups in total. The molecule has 0 unspecified atom stereocenters. The predicted molar refractivity (Wildman–Crippen MR) is 92.2 cm³/mol. The Balaban J connectivity index is 1.44. The Morgan fingerprint density at radius 2 is 2.08 bits per heavy atom. The van der Waals surface area contributed by atoms with Crippen LogP contribution >= 0.6 is 11.3 Å². The summed E-state index contributed by atoms with van der Waals surface area (Å²) in [5.41, 5.74) is 2.35. The number of hydrogen-bond donors (Lipinski definition) is 2. The average molecular weight is 351 g/mol. The van der Waals surface area contributed by atoms with Gasteiger partial charge in [0.15, 0.2) is 0 Å². The van der Waals surface area contributed by atoms with Crippen LogP contribution in [0.15, 0.2) is 54.7 Å². The molecule has 0 fully saturated rings. The fourth-order valence-electron chi connectivity index (χ4n) is 2.35. The Bertz CT molecular complexity index is 959. The van der Waals surface area contributed by atoms with Gasteiger partial charge >= 0.3 is 0 Å². The van der Waals surface area contributed by atoms with Crippen LogP contribution in [0.4, 0.5) is 0 Å². The van der Waals surface area contributed by atoms with Crippen LogP contribution < -0.4 is 5.32 Å². The van der Waals surface area contributed by atoms with Gasteiger partial charge in [-0.2, -0.15) is 5.10 Å². The molecule has 4 aromatic heterocycles. The van der Waals surface area contributed by atoms with E-state index in [2.05, 4.69) is 30.7 Å². The van der Waals surface area contributed by atoms with E-state index in [0.29, 0.717) is 17.9 Å². The standard InChI is InChI=1S/C16H13N7OS/c24-16(11-3-4-14(17-6-11)23-9-20-21-10-23)18-7-12-8-19-22-15(12)13-2-1-5-25-13/h1-6,8-10H,7H2,(H,18,24)(H,19,22). The third kappa shape index (κ3) is 3.17. The molecule has 0 aliphatic rings. The highest BCUT2D eigenvalue weighted by atomic mass is 32.1. The quantitative estimate of drug-likeness (QED) is 0.573. The molecule has 8 nitrogen and oxygen atoms in total. The first-order chi connectivity index (χ1) is 12.3. The van der Waals surface area contributed by atoms with E-state index in [1.165, 1.54) is 6.20 Å². The number of aromatic nitrogens is 6. The highest BCUT2D eigenvalue weighted by molar-refractivity contribution is 7.13. The number of nitrogens with zero attached hydrogens (tertiary/aromatic N) is 5. The van der Waals surface area contributed by atoms with E-state index in [-0.39, 0.29) is 5.91 Å². The maximum Gasteiger partial charge on any atom is 0.253 e. The normalized spacial score (nSPS) is 10.7. The van der Waals surface area contributed by atoms with E-state index >= 15 is 0 Å². The average Bonchev–Trinajstić information content (AvgIpc) is 3.41. The van der Waals surface area contributed by atoms with Crippen LogP contribution in [0.5, 0.6) is 0 Å². The molecular formula is C16H13N7OS. The zero-order valence-corrected chi connectivity index (χ0v) is 13.8. The summed E-state index contributed by atoms with van der Waals surface area (Å²) in [5.74, 6) is 0.456. The maximum absolute atomic E-state index is 12.3. The Kier molecular flexibility index (Phi) is 4.05. The molecule has 0 saturated heterocycles. The van der Waals surface area contributed by atoms with Gasteiger partial charge in [0, 0.05) is 18.3 Å². The molecule has 0 bridgehead atoms. The first-order valence-corrected chi connectivity index (χ1v) is 8.34. The van der Waals surface area contributed by atoms with Crippen molar-refractivity contribution in [2.24, 2.45) is 0 Å². The van der Waals surface area contributed by atoms with Crippen LogP contribution in [-0.2, 0) is 6.54 Å². The number of aromatic amines is 1. The fourth-order valence-corrected chi connectivity index (χ4v) is 3.10. The smallest absolute Gasteiger partial charge is 0.253 e. The molecule has 9 heteroatoms. The lowest BCUT2D eigenvalue weighted by atomic mass is 10.2. The molecule has 4 rings (SSSR count). The van der Waals surface area contributed by atoms with Crippen molar-refractivity contribution in [3.05, 3.63) is 65.8 Å². The monoisotopic (exact) mass is 351 g/mol. The zero-order chi connectivity index (χ0) is 17.1. The van der Waals surface area contributed by atoms with E-state index < -0.39 is 0 Å². The minimum absolute atomic E-state index is 0.193. The van der Waals surface area contributed by atoms with Gasteiger partial charge in [0.25, 0.3) is 5.91 Å². The molecule has 0 saturated carbocycles. The third-order valence-corrected chi connectivity index (χ3v) is 4.51. The molecule has 0 spiro atoms.